The van der Waals surface area contributed by atoms with E-state index in [1.54, 1.807) is 11.8 Å². The predicted molar refractivity (Wildman–Crippen MR) is 77.9 cm³/mol. The van der Waals surface area contributed by atoms with Crippen LogP contribution in [0.3, 0.4) is 0 Å². The van der Waals surface area contributed by atoms with Gasteiger partial charge < -0.3 is 0 Å². The van der Waals surface area contributed by atoms with Crippen LogP contribution in [-0.4, -0.2) is 16.2 Å². The molecule has 0 fully saturated rings. The van der Waals surface area contributed by atoms with Crippen molar-refractivity contribution in [2.24, 2.45) is 0 Å². The van der Waals surface area contributed by atoms with Gasteiger partial charge in [0.25, 0.3) is 0 Å². The van der Waals surface area contributed by atoms with Crippen molar-refractivity contribution in [1.82, 2.24) is 9.97 Å². The smallest absolute Gasteiger partial charge is 0.187 e. The van der Waals surface area contributed by atoms with Gasteiger partial charge in [-0.15, -0.1) is 0 Å². The maximum absolute atomic E-state index is 4.51. The van der Waals surface area contributed by atoms with E-state index < -0.39 is 0 Å². The highest BCUT2D eigenvalue weighted by Crippen LogP contribution is 2.25. The summed E-state index contributed by atoms with van der Waals surface area (Å²) in [6.45, 7) is 6.66. The summed E-state index contributed by atoms with van der Waals surface area (Å²) in [7, 11) is 0. The van der Waals surface area contributed by atoms with Crippen LogP contribution in [0, 0.1) is 0 Å². The second kappa shape index (κ2) is 5.11. The average molecular weight is 258 g/mol. The minimum Gasteiger partial charge on any atom is -0.231 e. The third-order valence-electron chi connectivity index (χ3n) is 2.86. The summed E-state index contributed by atoms with van der Waals surface area (Å²) in [5.74, 6) is 0. The van der Waals surface area contributed by atoms with E-state index in [1.165, 1.54) is 5.56 Å². The van der Waals surface area contributed by atoms with Gasteiger partial charge in [-0.2, -0.15) is 0 Å². The Bertz CT molecular complexity index is 527. The number of hydrogen-bond donors (Lipinski definition) is 0. The molecule has 3 heteroatoms. The SMILES string of the molecule is CSc1nccc(-c2ccc(C(C)(C)C)cc2)n1. The largest absolute Gasteiger partial charge is 0.231 e. The molecule has 0 bridgehead atoms. The van der Waals surface area contributed by atoms with Crippen LogP contribution in [0.2, 0.25) is 0 Å². The van der Waals surface area contributed by atoms with Crippen molar-refractivity contribution < 1.29 is 0 Å². The Hall–Kier alpha value is -1.35. The highest BCUT2D eigenvalue weighted by Gasteiger charge is 2.13. The van der Waals surface area contributed by atoms with Gasteiger partial charge in [0, 0.05) is 11.8 Å². The normalized spacial score (nSPS) is 11.6. The molecule has 0 spiro atoms. The fraction of sp³-hybridized carbons (Fsp3) is 0.333. The number of benzene rings is 1. The van der Waals surface area contributed by atoms with Crippen molar-refractivity contribution in [1.29, 1.82) is 0 Å². The van der Waals surface area contributed by atoms with Gasteiger partial charge in [0.15, 0.2) is 5.16 Å². The van der Waals surface area contributed by atoms with Crippen LogP contribution < -0.4 is 0 Å². The van der Waals surface area contributed by atoms with Gasteiger partial charge in [0.2, 0.25) is 0 Å². The van der Waals surface area contributed by atoms with Crippen molar-refractivity contribution in [2.45, 2.75) is 31.3 Å². The molecule has 1 heterocycles. The zero-order chi connectivity index (χ0) is 13.2. The summed E-state index contributed by atoms with van der Waals surface area (Å²) in [5.41, 5.74) is 3.65. The summed E-state index contributed by atoms with van der Waals surface area (Å²) in [4.78, 5) is 8.70. The Labute approximate surface area is 113 Å². The number of hydrogen-bond acceptors (Lipinski definition) is 3. The van der Waals surface area contributed by atoms with Gasteiger partial charge in [0.05, 0.1) is 5.69 Å². The number of aromatic nitrogens is 2. The van der Waals surface area contributed by atoms with Crippen molar-refractivity contribution >= 4 is 11.8 Å². The third kappa shape index (κ3) is 2.91. The molecule has 2 rings (SSSR count). The quantitative estimate of drug-likeness (QED) is 0.597. The highest BCUT2D eigenvalue weighted by atomic mass is 32.2. The third-order valence-corrected chi connectivity index (χ3v) is 3.42. The van der Waals surface area contributed by atoms with Crippen LogP contribution in [0.5, 0.6) is 0 Å². The van der Waals surface area contributed by atoms with Crippen molar-refractivity contribution in [2.75, 3.05) is 6.26 Å². The van der Waals surface area contributed by atoms with E-state index in [1.807, 2.05) is 18.5 Å². The molecule has 0 amide bonds. The van der Waals surface area contributed by atoms with Gasteiger partial charge in [-0.25, -0.2) is 9.97 Å². The molecule has 0 N–H and O–H groups in total. The minimum atomic E-state index is 0.189. The second-order valence-electron chi connectivity index (χ2n) is 5.26. The van der Waals surface area contributed by atoms with Crippen LogP contribution in [0.4, 0.5) is 0 Å². The zero-order valence-corrected chi connectivity index (χ0v) is 12.1. The predicted octanol–water partition coefficient (Wildman–Crippen LogP) is 4.16. The Balaban J connectivity index is 2.34. The lowest BCUT2D eigenvalue weighted by Crippen LogP contribution is -2.10. The van der Waals surface area contributed by atoms with Crippen LogP contribution in [-0.2, 0) is 5.41 Å². The Morgan fingerprint density at radius 2 is 1.67 bits per heavy atom. The van der Waals surface area contributed by atoms with E-state index in [9.17, 15) is 0 Å². The first kappa shape index (κ1) is 13.1. The summed E-state index contributed by atoms with van der Waals surface area (Å²) >= 11 is 1.56. The fourth-order valence-electron chi connectivity index (χ4n) is 1.74. The Morgan fingerprint density at radius 3 is 2.22 bits per heavy atom. The molecule has 0 aliphatic carbocycles. The molecule has 94 valence electrons. The second-order valence-corrected chi connectivity index (χ2v) is 6.03. The molecule has 0 unspecified atom stereocenters. The summed E-state index contributed by atoms with van der Waals surface area (Å²) in [6, 6.07) is 10.6. The van der Waals surface area contributed by atoms with E-state index in [4.69, 9.17) is 0 Å². The van der Waals surface area contributed by atoms with Gasteiger partial charge >= 0.3 is 0 Å². The van der Waals surface area contributed by atoms with Crippen LogP contribution in [0.15, 0.2) is 41.7 Å². The molecular weight excluding hydrogens is 240 g/mol. The van der Waals surface area contributed by atoms with Crippen molar-refractivity contribution in [3.8, 4) is 11.3 Å². The molecule has 0 atom stereocenters. The molecule has 0 saturated carbocycles. The molecule has 1 aromatic heterocycles. The maximum Gasteiger partial charge on any atom is 0.187 e. The number of nitrogens with zero attached hydrogens (tertiary/aromatic N) is 2. The highest BCUT2D eigenvalue weighted by molar-refractivity contribution is 7.98. The van der Waals surface area contributed by atoms with E-state index in [0.717, 1.165) is 16.4 Å². The molecule has 18 heavy (non-hydrogen) atoms. The van der Waals surface area contributed by atoms with Gasteiger partial charge in [0.1, 0.15) is 0 Å². The number of rotatable bonds is 2. The first-order chi connectivity index (χ1) is 8.50. The minimum absolute atomic E-state index is 0.189. The topological polar surface area (TPSA) is 25.8 Å². The maximum atomic E-state index is 4.51. The Morgan fingerprint density at radius 1 is 1.00 bits per heavy atom. The molecule has 2 nitrogen and oxygen atoms in total. The van der Waals surface area contributed by atoms with Crippen molar-refractivity contribution in [3.63, 3.8) is 0 Å². The first-order valence-corrected chi connectivity index (χ1v) is 7.21. The summed E-state index contributed by atoms with van der Waals surface area (Å²) in [5, 5.41) is 0.812. The first-order valence-electron chi connectivity index (χ1n) is 5.98. The average Bonchev–Trinajstić information content (AvgIpc) is 2.38. The molecule has 1 aromatic carbocycles. The lowest BCUT2D eigenvalue weighted by molar-refractivity contribution is 0.590. The van der Waals surface area contributed by atoms with E-state index in [2.05, 4.69) is 55.0 Å². The number of thioether (sulfide) groups is 1. The van der Waals surface area contributed by atoms with E-state index in [-0.39, 0.29) is 5.41 Å². The molecule has 2 aromatic rings. The van der Waals surface area contributed by atoms with Crippen LogP contribution in [0.1, 0.15) is 26.3 Å². The molecule has 0 aliphatic rings. The van der Waals surface area contributed by atoms with Crippen molar-refractivity contribution in [3.05, 3.63) is 42.1 Å². The standard InChI is InChI=1S/C15H18N2S/c1-15(2,3)12-7-5-11(6-8-12)13-9-10-16-14(17-13)18-4/h5-10H,1-4H3. The molecular formula is C15H18N2S. The van der Waals surface area contributed by atoms with Crippen LogP contribution in [0.25, 0.3) is 11.3 Å². The monoisotopic (exact) mass is 258 g/mol. The molecule has 0 saturated heterocycles. The Kier molecular flexibility index (Phi) is 3.71. The van der Waals surface area contributed by atoms with Crippen LogP contribution >= 0.6 is 11.8 Å². The lowest BCUT2D eigenvalue weighted by atomic mass is 9.86. The van der Waals surface area contributed by atoms with E-state index >= 15 is 0 Å². The molecule has 0 aliphatic heterocycles. The zero-order valence-electron chi connectivity index (χ0n) is 11.3. The lowest BCUT2D eigenvalue weighted by Gasteiger charge is -2.19. The summed E-state index contributed by atoms with van der Waals surface area (Å²) < 4.78 is 0. The van der Waals surface area contributed by atoms with E-state index in [0.29, 0.717) is 0 Å². The fourth-order valence-corrected chi connectivity index (χ4v) is 2.10. The molecule has 0 radical (unpaired) electrons. The van der Waals surface area contributed by atoms with Gasteiger partial charge in [-0.1, -0.05) is 56.8 Å². The summed E-state index contributed by atoms with van der Waals surface area (Å²) in [6.07, 6.45) is 3.80. The van der Waals surface area contributed by atoms with Gasteiger partial charge in [-0.05, 0) is 23.3 Å². The van der Waals surface area contributed by atoms with Gasteiger partial charge in [-0.3, -0.25) is 0 Å².